The molecule has 6 heteroatoms. The van der Waals surface area contributed by atoms with E-state index in [-0.39, 0.29) is 12.5 Å². The summed E-state index contributed by atoms with van der Waals surface area (Å²) >= 11 is 1.25. The van der Waals surface area contributed by atoms with Gasteiger partial charge in [0.25, 0.3) is 0 Å². The molecule has 0 fully saturated rings. The number of rotatable bonds is 6. The number of amides is 1. The van der Waals surface area contributed by atoms with Crippen LogP contribution in [0.4, 0.5) is 5.69 Å². The average molecular weight is 346 g/mol. The Morgan fingerprint density at radius 1 is 1.25 bits per heavy atom. The fourth-order valence-corrected chi connectivity index (χ4v) is 3.23. The van der Waals surface area contributed by atoms with E-state index < -0.39 is 5.97 Å². The Bertz CT molecular complexity index is 740. The van der Waals surface area contributed by atoms with E-state index in [9.17, 15) is 9.59 Å². The summed E-state index contributed by atoms with van der Waals surface area (Å²) in [6.07, 6.45) is 0. The summed E-state index contributed by atoms with van der Waals surface area (Å²) in [7, 11) is 3.22. The maximum atomic E-state index is 12.2. The molecule has 0 spiro atoms. The predicted molar refractivity (Wildman–Crippen MR) is 96.5 cm³/mol. The number of hydrogen-bond acceptors (Lipinski definition) is 5. The van der Waals surface area contributed by atoms with Crippen LogP contribution in [-0.4, -0.2) is 37.5 Å². The van der Waals surface area contributed by atoms with Crippen LogP contribution in [0, 0.1) is 13.8 Å². The first-order chi connectivity index (χ1) is 11.4. The fraction of sp³-hybridized carbons (Fsp3) is 0.333. The number of carbonyl (C=O) groups excluding carboxylic acids is 2. The first-order valence-electron chi connectivity index (χ1n) is 7.61. The van der Waals surface area contributed by atoms with Gasteiger partial charge in [0.15, 0.2) is 0 Å². The maximum Gasteiger partial charge on any atom is 0.350 e. The SMILES string of the molecule is COC(=O)c1sccc1NC(=O)CN(C)Cc1ccc(C)cc1C. The highest BCUT2D eigenvalue weighted by molar-refractivity contribution is 7.12. The first-order valence-corrected chi connectivity index (χ1v) is 8.49. The number of aryl methyl sites for hydroxylation is 2. The molecule has 0 bridgehead atoms. The van der Waals surface area contributed by atoms with Crippen LogP contribution in [0.15, 0.2) is 29.6 Å². The van der Waals surface area contributed by atoms with Gasteiger partial charge in [-0.15, -0.1) is 11.3 Å². The lowest BCUT2D eigenvalue weighted by Crippen LogP contribution is -2.30. The molecule has 2 rings (SSSR count). The van der Waals surface area contributed by atoms with Crippen LogP contribution in [0.25, 0.3) is 0 Å². The molecule has 1 aromatic heterocycles. The summed E-state index contributed by atoms with van der Waals surface area (Å²) in [6.45, 7) is 5.06. The lowest BCUT2D eigenvalue weighted by atomic mass is 10.1. The highest BCUT2D eigenvalue weighted by Crippen LogP contribution is 2.23. The van der Waals surface area contributed by atoms with E-state index in [2.05, 4.69) is 37.4 Å². The fourth-order valence-electron chi connectivity index (χ4n) is 2.46. The first kappa shape index (κ1) is 18.2. The molecule has 1 amide bonds. The number of ether oxygens (including phenoxy) is 1. The minimum atomic E-state index is -0.441. The summed E-state index contributed by atoms with van der Waals surface area (Å²) in [5, 5.41) is 4.53. The van der Waals surface area contributed by atoms with Crippen molar-refractivity contribution in [2.24, 2.45) is 0 Å². The Morgan fingerprint density at radius 3 is 2.67 bits per heavy atom. The quantitative estimate of drug-likeness (QED) is 0.816. The Balaban J connectivity index is 1.95. The summed E-state index contributed by atoms with van der Waals surface area (Å²) in [5.74, 6) is -0.602. The van der Waals surface area contributed by atoms with Gasteiger partial charge in [-0.05, 0) is 43.5 Å². The van der Waals surface area contributed by atoms with E-state index in [4.69, 9.17) is 4.74 Å². The highest BCUT2D eigenvalue weighted by Gasteiger charge is 2.16. The van der Waals surface area contributed by atoms with E-state index in [1.165, 1.54) is 35.1 Å². The average Bonchev–Trinajstić information content (AvgIpc) is 2.97. The Labute approximate surface area is 146 Å². The van der Waals surface area contributed by atoms with Gasteiger partial charge in [0, 0.05) is 6.54 Å². The van der Waals surface area contributed by atoms with Crippen molar-refractivity contribution in [2.75, 3.05) is 26.0 Å². The van der Waals surface area contributed by atoms with Crippen LogP contribution in [0.3, 0.4) is 0 Å². The van der Waals surface area contributed by atoms with Gasteiger partial charge in [-0.25, -0.2) is 4.79 Å². The summed E-state index contributed by atoms with van der Waals surface area (Å²) in [5.41, 5.74) is 4.14. The molecule has 1 aromatic carbocycles. The van der Waals surface area contributed by atoms with Crippen LogP contribution in [-0.2, 0) is 16.1 Å². The molecule has 2 aromatic rings. The molecule has 128 valence electrons. The number of nitrogens with one attached hydrogen (secondary N) is 1. The third kappa shape index (κ3) is 4.66. The number of likely N-dealkylation sites (N-methyl/N-ethyl adjacent to an activating group) is 1. The topological polar surface area (TPSA) is 58.6 Å². The minimum absolute atomic E-state index is 0.161. The second-order valence-electron chi connectivity index (χ2n) is 5.81. The van der Waals surface area contributed by atoms with E-state index in [1.54, 1.807) is 11.4 Å². The molecular formula is C18H22N2O3S. The van der Waals surface area contributed by atoms with Crippen molar-refractivity contribution in [3.8, 4) is 0 Å². The lowest BCUT2D eigenvalue weighted by Gasteiger charge is -2.18. The van der Waals surface area contributed by atoms with Gasteiger partial charge in [-0.1, -0.05) is 23.8 Å². The summed E-state index contributed by atoms with van der Waals surface area (Å²) in [6, 6.07) is 8.01. The number of hydrogen-bond donors (Lipinski definition) is 1. The number of anilines is 1. The number of nitrogens with zero attached hydrogens (tertiary/aromatic N) is 1. The molecule has 0 unspecified atom stereocenters. The third-order valence-electron chi connectivity index (χ3n) is 3.66. The highest BCUT2D eigenvalue weighted by atomic mass is 32.1. The Kier molecular flexibility index (Phi) is 6.11. The van der Waals surface area contributed by atoms with Crippen molar-refractivity contribution in [1.82, 2.24) is 4.90 Å². The summed E-state index contributed by atoms with van der Waals surface area (Å²) < 4.78 is 4.71. The zero-order valence-corrected chi connectivity index (χ0v) is 15.2. The summed E-state index contributed by atoms with van der Waals surface area (Å²) in [4.78, 5) is 26.2. The van der Waals surface area contributed by atoms with Crippen molar-refractivity contribution >= 4 is 28.9 Å². The van der Waals surface area contributed by atoms with Crippen LogP contribution in [0.1, 0.15) is 26.4 Å². The lowest BCUT2D eigenvalue weighted by molar-refractivity contribution is -0.117. The van der Waals surface area contributed by atoms with E-state index in [1.807, 2.05) is 11.9 Å². The molecule has 1 N–H and O–H groups in total. The molecule has 0 radical (unpaired) electrons. The molecule has 0 atom stereocenters. The number of benzene rings is 1. The van der Waals surface area contributed by atoms with Gasteiger partial charge in [0.1, 0.15) is 4.88 Å². The molecule has 0 aliphatic rings. The predicted octanol–water partition coefficient (Wildman–Crippen LogP) is 3.22. The molecular weight excluding hydrogens is 324 g/mol. The minimum Gasteiger partial charge on any atom is -0.465 e. The van der Waals surface area contributed by atoms with Crippen molar-refractivity contribution in [3.63, 3.8) is 0 Å². The zero-order chi connectivity index (χ0) is 17.7. The van der Waals surface area contributed by atoms with E-state index in [0.717, 1.165) is 0 Å². The van der Waals surface area contributed by atoms with Crippen molar-refractivity contribution in [2.45, 2.75) is 20.4 Å². The smallest absolute Gasteiger partial charge is 0.350 e. The molecule has 1 heterocycles. The maximum absolute atomic E-state index is 12.2. The number of methoxy groups -OCH3 is 1. The van der Waals surface area contributed by atoms with Gasteiger partial charge in [-0.2, -0.15) is 0 Å². The van der Waals surface area contributed by atoms with Gasteiger partial charge in [0.2, 0.25) is 5.91 Å². The monoisotopic (exact) mass is 346 g/mol. The van der Waals surface area contributed by atoms with Crippen molar-refractivity contribution < 1.29 is 14.3 Å². The van der Waals surface area contributed by atoms with Gasteiger partial charge in [-0.3, -0.25) is 9.69 Å². The second-order valence-corrected chi connectivity index (χ2v) is 6.72. The number of thiophene rings is 1. The Morgan fingerprint density at radius 2 is 2.00 bits per heavy atom. The zero-order valence-electron chi connectivity index (χ0n) is 14.4. The number of carbonyl (C=O) groups is 2. The van der Waals surface area contributed by atoms with Crippen LogP contribution in [0.2, 0.25) is 0 Å². The molecule has 0 saturated carbocycles. The molecule has 24 heavy (non-hydrogen) atoms. The van der Waals surface area contributed by atoms with Crippen LogP contribution < -0.4 is 5.32 Å². The van der Waals surface area contributed by atoms with Crippen molar-refractivity contribution in [3.05, 3.63) is 51.2 Å². The number of esters is 1. The van der Waals surface area contributed by atoms with E-state index in [0.29, 0.717) is 17.1 Å². The molecule has 0 saturated heterocycles. The second kappa shape index (κ2) is 8.08. The van der Waals surface area contributed by atoms with Gasteiger partial charge < -0.3 is 10.1 Å². The van der Waals surface area contributed by atoms with Crippen molar-refractivity contribution in [1.29, 1.82) is 0 Å². The third-order valence-corrected chi connectivity index (χ3v) is 4.56. The van der Waals surface area contributed by atoms with Gasteiger partial charge >= 0.3 is 5.97 Å². The van der Waals surface area contributed by atoms with E-state index >= 15 is 0 Å². The molecule has 0 aliphatic heterocycles. The van der Waals surface area contributed by atoms with Gasteiger partial charge in [0.05, 0.1) is 19.3 Å². The standard InChI is InChI=1S/C18H22N2O3S/c1-12-5-6-14(13(2)9-12)10-20(3)11-16(21)19-15-7-8-24-17(15)18(22)23-4/h5-9H,10-11H2,1-4H3,(H,19,21). The normalized spacial score (nSPS) is 10.7. The molecule has 5 nitrogen and oxygen atoms in total. The largest absolute Gasteiger partial charge is 0.465 e. The molecule has 0 aliphatic carbocycles. The van der Waals surface area contributed by atoms with Crippen LogP contribution in [0.5, 0.6) is 0 Å². The Hall–Kier alpha value is -2.18. The van der Waals surface area contributed by atoms with Crippen LogP contribution >= 0.6 is 11.3 Å².